The molecule has 0 bridgehead atoms. The van der Waals surface area contributed by atoms with E-state index in [2.05, 4.69) is 30.0 Å². The smallest absolute Gasteiger partial charge is 0.307 e. The number of nitrogens with zero attached hydrogens (tertiary/aromatic N) is 1. The van der Waals surface area contributed by atoms with Gasteiger partial charge in [0.1, 0.15) is 5.82 Å². The molecule has 2 atom stereocenters. The Bertz CT molecular complexity index is 774. The Kier molecular flexibility index (Phi) is 5.19. The summed E-state index contributed by atoms with van der Waals surface area (Å²) < 4.78 is 13.9. The fourth-order valence-electron chi connectivity index (χ4n) is 3.76. The molecule has 3 nitrogen and oxygen atoms in total. The summed E-state index contributed by atoms with van der Waals surface area (Å²) in [7, 11) is 0. The first-order valence-electron chi connectivity index (χ1n) is 8.75. The topological polar surface area (TPSA) is 40.5 Å². The van der Waals surface area contributed by atoms with Gasteiger partial charge in [0.15, 0.2) is 0 Å². The van der Waals surface area contributed by atoms with Crippen molar-refractivity contribution in [2.45, 2.75) is 32.7 Å². The normalized spacial score (nSPS) is 19.6. The number of carboxylic acid groups (broad SMARTS) is 1. The number of likely N-dealkylation sites (tertiary alicyclic amines) is 1. The Balaban J connectivity index is 2.06. The molecule has 132 valence electrons. The zero-order valence-electron chi connectivity index (χ0n) is 14.7. The molecule has 1 aliphatic rings. The minimum Gasteiger partial charge on any atom is -0.481 e. The van der Waals surface area contributed by atoms with Crippen LogP contribution in [0.5, 0.6) is 0 Å². The van der Waals surface area contributed by atoms with E-state index in [1.54, 1.807) is 12.1 Å². The van der Waals surface area contributed by atoms with E-state index in [9.17, 15) is 14.3 Å². The van der Waals surface area contributed by atoms with E-state index in [4.69, 9.17) is 0 Å². The van der Waals surface area contributed by atoms with Gasteiger partial charge in [0, 0.05) is 6.54 Å². The third-order valence-electron chi connectivity index (χ3n) is 5.06. The Morgan fingerprint density at radius 2 is 2.04 bits per heavy atom. The molecule has 2 unspecified atom stereocenters. The number of carbonyl (C=O) groups is 1. The van der Waals surface area contributed by atoms with Gasteiger partial charge < -0.3 is 5.11 Å². The molecule has 1 heterocycles. The zero-order valence-corrected chi connectivity index (χ0v) is 14.7. The lowest BCUT2D eigenvalue weighted by Gasteiger charge is -2.38. The van der Waals surface area contributed by atoms with Crippen LogP contribution in [-0.2, 0) is 4.79 Å². The summed E-state index contributed by atoms with van der Waals surface area (Å²) in [5, 5.41) is 9.44. The van der Waals surface area contributed by atoms with Crippen molar-refractivity contribution in [1.82, 2.24) is 4.90 Å². The van der Waals surface area contributed by atoms with Crippen molar-refractivity contribution in [3.05, 3.63) is 70.5 Å². The standard InChI is InChI=1S/C21H24FNO2/c1-14-8-9-15(2)19(11-14)20(16-5-3-7-18(22)12-16)23-10-4-6-17(13-23)21(24)25/h3,5,7-9,11-12,17,20H,4,6,10,13H2,1-2H3,(H,24,25). The number of halogens is 1. The first-order chi connectivity index (χ1) is 12.0. The average molecular weight is 341 g/mol. The van der Waals surface area contributed by atoms with Gasteiger partial charge in [-0.1, -0.05) is 35.9 Å². The summed E-state index contributed by atoms with van der Waals surface area (Å²) >= 11 is 0. The molecule has 3 rings (SSSR count). The van der Waals surface area contributed by atoms with Crippen molar-refractivity contribution in [2.24, 2.45) is 5.92 Å². The van der Waals surface area contributed by atoms with Crippen LogP contribution in [-0.4, -0.2) is 29.1 Å². The average Bonchev–Trinajstić information content (AvgIpc) is 2.58. The van der Waals surface area contributed by atoms with E-state index in [-0.39, 0.29) is 17.8 Å². The van der Waals surface area contributed by atoms with Gasteiger partial charge in [-0.15, -0.1) is 0 Å². The second kappa shape index (κ2) is 7.36. The van der Waals surface area contributed by atoms with Crippen LogP contribution in [0.25, 0.3) is 0 Å². The van der Waals surface area contributed by atoms with E-state index in [0.717, 1.165) is 35.2 Å². The lowest BCUT2D eigenvalue weighted by Crippen LogP contribution is -2.41. The fourth-order valence-corrected chi connectivity index (χ4v) is 3.76. The number of aryl methyl sites for hydroxylation is 2. The van der Waals surface area contributed by atoms with Crippen molar-refractivity contribution in [1.29, 1.82) is 0 Å². The molecule has 0 spiro atoms. The highest BCUT2D eigenvalue weighted by Crippen LogP contribution is 2.35. The summed E-state index contributed by atoms with van der Waals surface area (Å²) in [5.41, 5.74) is 4.28. The summed E-state index contributed by atoms with van der Waals surface area (Å²) in [6, 6.07) is 12.8. The van der Waals surface area contributed by atoms with Crippen LogP contribution in [0, 0.1) is 25.6 Å². The summed E-state index contributed by atoms with van der Waals surface area (Å²) in [5.74, 6) is -1.38. The van der Waals surface area contributed by atoms with Crippen LogP contribution in [0.2, 0.25) is 0 Å². The van der Waals surface area contributed by atoms with E-state index in [1.165, 1.54) is 6.07 Å². The molecule has 2 aromatic carbocycles. The molecule has 1 saturated heterocycles. The first kappa shape index (κ1) is 17.6. The maximum atomic E-state index is 13.9. The molecule has 0 radical (unpaired) electrons. The summed E-state index contributed by atoms with van der Waals surface area (Å²) in [6.45, 7) is 5.41. The van der Waals surface area contributed by atoms with E-state index >= 15 is 0 Å². The molecular weight excluding hydrogens is 317 g/mol. The Morgan fingerprint density at radius 1 is 1.24 bits per heavy atom. The van der Waals surface area contributed by atoms with Crippen molar-refractivity contribution < 1.29 is 14.3 Å². The predicted octanol–water partition coefficient (Wildman–Crippen LogP) is 4.33. The van der Waals surface area contributed by atoms with Crippen LogP contribution in [0.1, 0.15) is 41.1 Å². The van der Waals surface area contributed by atoms with Gasteiger partial charge in [0.25, 0.3) is 0 Å². The summed E-state index contributed by atoms with van der Waals surface area (Å²) in [6.07, 6.45) is 1.54. The SMILES string of the molecule is Cc1ccc(C)c(C(c2cccc(F)c2)N2CCCC(C(=O)O)C2)c1. The third kappa shape index (κ3) is 3.90. The van der Waals surface area contributed by atoms with Crippen LogP contribution in [0.3, 0.4) is 0 Å². The number of aliphatic carboxylic acids is 1. The number of hydrogen-bond donors (Lipinski definition) is 1. The van der Waals surface area contributed by atoms with Gasteiger partial charge >= 0.3 is 5.97 Å². The van der Waals surface area contributed by atoms with Crippen molar-refractivity contribution in [2.75, 3.05) is 13.1 Å². The largest absolute Gasteiger partial charge is 0.481 e. The van der Waals surface area contributed by atoms with Gasteiger partial charge in [0.05, 0.1) is 12.0 Å². The molecule has 1 aliphatic heterocycles. The molecule has 4 heteroatoms. The second-order valence-corrected chi connectivity index (χ2v) is 6.99. The lowest BCUT2D eigenvalue weighted by atomic mass is 9.89. The van der Waals surface area contributed by atoms with E-state index < -0.39 is 5.97 Å². The lowest BCUT2D eigenvalue weighted by molar-refractivity contribution is -0.143. The number of hydrogen-bond acceptors (Lipinski definition) is 2. The van der Waals surface area contributed by atoms with Gasteiger partial charge in [-0.3, -0.25) is 9.69 Å². The monoisotopic (exact) mass is 341 g/mol. The number of piperidine rings is 1. The maximum absolute atomic E-state index is 13.9. The van der Waals surface area contributed by atoms with E-state index in [0.29, 0.717) is 13.0 Å². The molecule has 1 fully saturated rings. The van der Waals surface area contributed by atoms with Crippen molar-refractivity contribution >= 4 is 5.97 Å². The van der Waals surface area contributed by atoms with Gasteiger partial charge in [-0.05, 0) is 62.1 Å². The number of carboxylic acids is 1. The maximum Gasteiger partial charge on any atom is 0.307 e. The Labute approximate surface area is 148 Å². The Hall–Kier alpha value is -2.20. The Morgan fingerprint density at radius 3 is 2.76 bits per heavy atom. The highest BCUT2D eigenvalue weighted by molar-refractivity contribution is 5.70. The second-order valence-electron chi connectivity index (χ2n) is 6.99. The molecule has 0 aromatic heterocycles. The fraction of sp³-hybridized carbons (Fsp3) is 0.381. The zero-order chi connectivity index (χ0) is 18.0. The highest BCUT2D eigenvalue weighted by Gasteiger charge is 2.32. The quantitative estimate of drug-likeness (QED) is 0.900. The van der Waals surface area contributed by atoms with Crippen molar-refractivity contribution in [3.8, 4) is 0 Å². The molecule has 2 aromatic rings. The number of benzene rings is 2. The number of rotatable bonds is 4. The first-order valence-corrected chi connectivity index (χ1v) is 8.75. The van der Waals surface area contributed by atoms with Gasteiger partial charge in [0.2, 0.25) is 0 Å². The van der Waals surface area contributed by atoms with Crippen LogP contribution >= 0.6 is 0 Å². The molecule has 1 N–H and O–H groups in total. The summed E-state index contributed by atoms with van der Waals surface area (Å²) in [4.78, 5) is 13.7. The molecule has 0 aliphatic carbocycles. The molecule has 0 amide bonds. The van der Waals surface area contributed by atoms with Crippen LogP contribution in [0.15, 0.2) is 42.5 Å². The van der Waals surface area contributed by atoms with E-state index in [1.807, 2.05) is 13.0 Å². The molecule has 0 saturated carbocycles. The minimum absolute atomic E-state index is 0.127. The van der Waals surface area contributed by atoms with Crippen LogP contribution < -0.4 is 0 Å². The van der Waals surface area contributed by atoms with Crippen molar-refractivity contribution in [3.63, 3.8) is 0 Å². The highest BCUT2D eigenvalue weighted by atomic mass is 19.1. The van der Waals surface area contributed by atoms with Gasteiger partial charge in [-0.2, -0.15) is 0 Å². The molecular formula is C21H24FNO2. The minimum atomic E-state index is -0.747. The predicted molar refractivity (Wildman–Crippen MR) is 96.1 cm³/mol. The van der Waals surface area contributed by atoms with Crippen LogP contribution in [0.4, 0.5) is 4.39 Å². The molecule has 25 heavy (non-hydrogen) atoms. The van der Waals surface area contributed by atoms with Gasteiger partial charge in [-0.25, -0.2) is 4.39 Å². The third-order valence-corrected chi connectivity index (χ3v) is 5.06.